The molecule has 2 rings (SSSR count). The molecule has 0 radical (unpaired) electrons. The number of aromatic nitrogens is 2. The predicted molar refractivity (Wildman–Crippen MR) is 84.7 cm³/mol. The van der Waals surface area contributed by atoms with Crippen LogP contribution in [0.4, 0.5) is 5.82 Å². The maximum absolute atomic E-state index is 5.74. The number of hydrogen-bond donors (Lipinski definition) is 2. The third kappa shape index (κ3) is 4.38. The van der Waals surface area contributed by atoms with Gasteiger partial charge in [0.1, 0.15) is 11.9 Å². The molecule has 21 heavy (non-hydrogen) atoms. The van der Waals surface area contributed by atoms with Crippen molar-refractivity contribution in [2.45, 2.75) is 58.5 Å². The van der Waals surface area contributed by atoms with Gasteiger partial charge in [-0.3, -0.25) is 0 Å². The summed E-state index contributed by atoms with van der Waals surface area (Å²) >= 11 is 0. The Labute approximate surface area is 127 Å². The van der Waals surface area contributed by atoms with Crippen molar-refractivity contribution in [2.24, 2.45) is 17.7 Å². The van der Waals surface area contributed by atoms with E-state index >= 15 is 0 Å². The number of hydrogen-bond acceptors (Lipinski definition) is 5. The first-order valence-electron chi connectivity index (χ1n) is 8.01. The van der Waals surface area contributed by atoms with Gasteiger partial charge < -0.3 is 10.2 Å². The Kier molecular flexibility index (Phi) is 5.94. The van der Waals surface area contributed by atoms with E-state index in [0.717, 1.165) is 17.9 Å². The monoisotopic (exact) mass is 292 g/mol. The average molecular weight is 292 g/mol. The van der Waals surface area contributed by atoms with E-state index in [1.807, 2.05) is 6.07 Å². The molecule has 1 atom stereocenters. The van der Waals surface area contributed by atoms with E-state index in [0.29, 0.717) is 17.7 Å². The van der Waals surface area contributed by atoms with E-state index in [9.17, 15) is 0 Å². The highest BCUT2D eigenvalue weighted by atomic mass is 16.5. The largest absolute Gasteiger partial charge is 0.373 e. The molecule has 0 aliphatic heterocycles. The number of anilines is 1. The van der Waals surface area contributed by atoms with Crippen LogP contribution in [0.3, 0.4) is 0 Å². The molecule has 1 aromatic rings. The van der Waals surface area contributed by atoms with Gasteiger partial charge in [0.2, 0.25) is 0 Å². The van der Waals surface area contributed by atoms with E-state index in [-0.39, 0.29) is 6.10 Å². The molecule has 0 bridgehead atoms. The summed E-state index contributed by atoms with van der Waals surface area (Å²) in [6, 6.07) is 1.93. The molecular formula is C16H28N4O. The minimum absolute atomic E-state index is 0.0236. The fourth-order valence-corrected chi connectivity index (χ4v) is 3.19. The van der Waals surface area contributed by atoms with Gasteiger partial charge in [-0.05, 0) is 31.1 Å². The van der Waals surface area contributed by atoms with E-state index in [1.54, 1.807) is 7.11 Å². The molecule has 1 heterocycles. The molecule has 118 valence electrons. The number of hydrazine groups is 1. The number of nitrogen functional groups attached to an aromatic ring is 1. The van der Waals surface area contributed by atoms with Crippen molar-refractivity contribution in [2.75, 3.05) is 12.5 Å². The highest BCUT2D eigenvalue weighted by molar-refractivity contribution is 5.35. The fourth-order valence-electron chi connectivity index (χ4n) is 3.19. The van der Waals surface area contributed by atoms with E-state index in [4.69, 9.17) is 15.6 Å². The van der Waals surface area contributed by atoms with Crippen molar-refractivity contribution in [1.29, 1.82) is 0 Å². The molecule has 0 aromatic carbocycles. The summed E-state index contributed by atoms with van der Waals surface area (Å²) in [6.45, 7) is 4.37. The maximum atomic E-state index is 5.74. The molecule has 1 saturated carbocycles. The van der Waals surface area contributed by atoms with E-state index in [2.05, 4.69) is 24.3 Å². The Bertz CT molecular complexity index is 444. The average Bonchev–Trinajstić information content (AvgIpc) is 2.48. The zero-order valence-corrected chi connectivity index (χ0v) is 13.4. The summed E-state index contributed by atoms with van der Waals surface area (Å²) in [5.74, 6) is 8.07. The van der Waals surface area contributed by atoms with Crippen LogP contribution in [0.25, 0.3) is 0 Å². The molecule has 1 unspecified atom stereocenters. The van der Waals surface area contributed by atoms with Crippen LogP contribution in [0.15, 0.2) is 6.07 Å². The van der Waals surface area contributed by atoms with Crippen LogP contribution in [-0.2, 0) is 11.2 Å². The van der Waals surface area contributed by atoms with Crippen molar-refractivity contribution in [3.8, 4) is 0 Å². The van der Waals surface area contributed by atoms with E-state index in [1.165, 1.54) is 32.1 Å². The van der Waals surface area contributed by atoms with Crippen molar-refractivity contribution < 1.29 is 4.74 Å². The zero-order chi connectivity index (χ0) is 15.2. The number of nitrogens with zero attached hydrogens (tertiary/aromatic N) is 2. The number of ether oxygens (including phenoxy) is 1. The fraction of sp³-hybridized carbons (Fsp3) is 0.750. The lowest BCUT2D eigenvalue weighted by Crippen LogP contribution is -2.22. The van der Waals surface area contributed by atoms with Crippen LogP contribution in [-0.4, -0.2) is 17.1 Å². The van der Waals surface area contributed by atoms with Crippen LogP contribution in [0, 0.1) is 11.8 Å². The molecule has 5 nitrogen and oxygen atoms in total. The van der Waals surface area contributed by atoms with Crippen molar-refractivity contribution in [3.05, 3.63) is 17.6 Å². The molecule has 1 aliphatic carbocycles. The Morgan fingerprint density at radius 1 is 1.29 bits per heavy atom. The Hall–Kier alpha value is -1.20. The number of nitrogens with one attached hydrogen (secondary N) is 1. The van der Waals surface area contributed by atoms with Gasteiger partial charge in [0.15, 0.2) is 5.82 Å². The SMILES string of the molecule is COC(c1nc(CC(C)C)cc(NN)n1)C1CCCCC1. The molecule has 1 fully saturated rings. The number of rotatable bonds is 6. The second-order valence-corrected chi connectivity index (χ2v) is 6.40. The van der Waals surface area contributed by atoms with Crippen LogP contribution < -0.4 is 11.3 Å². The van der Waals surface area contributed by atoms with Crippen molar-refractivity contribution in [3.63, 3.8) is 0 Å². The first kappa shape index (κ1) is 16.2. The van der Waals surface area contributed by atoms with Crippen LogP contribution in [0.1, 0.15) is 63.6 Å². The third-order valence-corrected chi connectivity index (χ3v) is 4.15. The first-order chi connectivity index (χ1) is 10.1. The van der Waals surface area contributed by atoms with Gasteiger partial charge in [-0.1, -0.05) is 33.1 Å². The smallest absolute Gasteiger partial charge is 0.160 e. The minimum atomic E-state index is -0.0236. The first-order valence-corrected chi connectivity index (χ1v) is 8.01. The Balaban J connectivity index is 2.25. The lowest BCUT2D eigenvalue weighted by atomic mass is 9.85. The van der Waals surface area contributed by atoms with Gasteiger partial charge >= 0.3 is 0 Å². The van der Waals surface area contributed by atoms with Gasteiger partial charge in [0.05, 0.1) is 0 Å². The predicted octanol–water partition coefficient (Wildman–Crippen LogP) is 3.23. The lowest BCUT2D eigenvalue weighted by molar-refractivity contribution is 0.0288. The molecule has 5 heteroatoms. The molecule has 1 aliphatic rings. The lowest BCUT2D eigenvalue weighted by Gasteiger charge is -2.28. The maximum Gasteiger partial charge on any atom is 0.160 e. The highest BCUT2D eigenvalue weighted by Gasteiger charge is 2.27. The zero-order valence-electron chi connectivity index (χ0n) is 13.4. The topological polar surface area (TPSA) is 73.1 Å². The molecule has 3 N–H and O–H groups in total. The van der Waals surface area contributed by atoms with Crippen molar-refractivity contribution in [1.82, 2.24) is 9.97 Å². The Morgan fingerprint density at radius 3 is 2.57 bits per heavy atom. The summed E-state index contributed by atoms with van der Waals surface area (Å²) in [5.41, 5.74) is 3.68. The molecule has 0 amide bonds. The normalized spacial score (nSPS) is 18.0. The third-order valence-electron chi connectivity index (χ3n) is 4.15. The van der Waals surface area contributed by atoms with E-state index < -0.39 is 0 Å². The molecule has 1 aromatic heterocycles. The molecule has 0 spiro atoms. The summed E-state index contributed by atoms with van der Waals surface area (Å²) < 4.78 is 5.74. The quantitative estimate of drug-likeness (QED) is 0.622. The van der Waals surface area contributed by atoms with Gasteiger partial charge in [0, 0.05) is 18.9 Å². The minimum Gasteiger partial charge on any atom is -0.373 e. The number of methoxy groups -OCH3 is 1. The summed E-state index contributed by atoms with van der Waals surface area (Å²) in [6.07, 6.45) is 7.17. The Morgan fingerprint density at radius 2 is 2.00 bits per heavy atom. The standard InChI is InChI=1S/C16H28N4O/c1-11(2)9-13-10-14(20-17)19-16(18-13)15(21-3)12-7-5-4-6-8-12/h10-12,15H,4-9,17H2,1-3H3,(H,18,19,20). The summed E-state index contributed by atoms with van der Waals surface area (Å²) in [4.78, 5) is 9.27. The second kappa shape index (κ2) is 7.71. The van der Waals surface area contributed by atoms with Gasteiger partial charge in [-0.25, -0.2) is 15.8 Å². The van der Waals surface area contributed by atoms with Crippen molar-refractivity contribution >= 4 is 5.82 Å². The van der Waals surface area contributed by atoms with Gasteiger partial charge in [-0.2, -0.15) is 0 Å². The summed E-state index contributed by atoms with van der Waals surface area (Å²) in [7, 11) is 1.76. The molecule has 0 saturated heterocycles. The highest BCUT2D eigenvalue weighted by Crippen LogP contribution is 2.35. The van der Waals surface area contributed by atoms with Gasteiger partial charge in [0.25, 0.3) is 0 Å². The van der Waals surface area contributed by atoms with Crippen LogP contribution in [0.2, 0.25) is 0 Å². The van der Waals surface area contributed by atoms with Gasteiger partial charge in [-0.15, -0.1) is 0 Å². The van der Waals surface area contributed by atoms with Crippen LogP contribution >= 0.6 is 0 Å². The summed E-state index contributed by atoms with van der Waals surface area (Å²) in [5, 5.41) is 0. The number of nitrogens with two attached hydrogens (primary N) is 1. The molecular weight excluding hydrogens is 264 g/mol. The van der Waals surface area contributed by atoms with Crippen LogP contribution in [0.5, 0.6) is 0 Å². The second-order valence-electron chi connectivity index (χ2n) is 6.40.